The molecule has 0 heterocycles. The van der Waals surface area contributed by atoms with Gasteiger partial charge in [0.15, 0.2) is 0 Å². The third-order valence-electron chi connectivity index (χ3n) is 4.16. The van der Waals surface area contributed by atoms with Crippen molar-refractivity contribution in [3.8, 4) is 5.75 Å². The number of carbonyl (C=O) groups excluding carboxylic acids is 2. The summed E-state index contributed by atoms with van der Waals surface area (Å²) >= 11 is 0. The molecule has 0 aromatic heterocycles. The molecule has 2 aromatic carbocycles. The molecule has 0 saturated carbocycles. The highest BCUT2D eigenvalue weighted by Crippen LogP contribution is 2.26. The van der Waals surface area contributed by atoms with Gasteiger partial charge in [0, 0.05) is 14.1 Å². The first-order valence-electron chi connectivity index (χ1n) is 8.40. The summed E-state index contributed by atoms with van der Waals surface area (Å²) in [4.78, 5) is 24.0. The van der Waals surface area contributed by atoms with Crippen molar-refractivity contribution in [1.82, 2.24) is 4.90 Å². The van der Waals surface area contributed by atoms with Gasteiger partial charge in [0.05, 0.1) is 10.6 Å². The smallest absolute Gasteiger partial charge is 0.331 e. The van der Waals surface area contributed by atoms with Gasteiger partial charge in [-0.2, -0.15) is 0 Å². The SMILES string of the molecule is Cc1ccc(C)c(S(=O)(=O)N(C)c2ccc(OC(=O)CN(C)C(N)=O)cc2)c1. The van der Waals surface area contributed by atoms with Crippen LogP contribution in [0.1, 0.15) is 11.1 Å². The number of carbonyl (C=O) groups is 2. The second-order valence-corrected chi connectivity index (χ2v) is 8.34. The molecule has 0 aliphatic rings. The summed E-state index contributed by atoms with van der Waals surface area (Å²) in [5, 5.41) is 0. The third-order valence-corrected chi connectivity index (χ3v) is 6.08. The maximum absolute atomic E-state index is 12.9. The van der Waals surface area contributed by atoms with Gasteiger partial charge in [-0.3, -0.25) is 4.31 Å². The highest BCUT2D eigenvalue weighted by molar-refractivity contribution is 7.92. The van der Waals surface area contributed by atoms with E-state index < -0.39 is 22.0 Å². The van der Waals surface area contributed by atoms with E-state index in [9.17, 15) is 18.0 Å². The van der Waals surface area contributed by atoms with E-state index in [1.54, 1.807) is 19.1 Å². The van der Waals surface area contributed by atoms with E-state index in [2.05, 4.69) is 0 Å². The molecule has 0 aliphatic carbocycles. The van der Waals surface area contributed by atoms with Crippen LogP contribution in [0.15, 0.2) is 47.4 Å². The molecule has 0 fully saturated rings. The Morgan fingerprint density at radius 3 is 2.21 bits per heavy atom. The minimum atomic E-state index is -3.74. The normalized spacial score (nSPS) is 11.0. The molecule has 9 heteroatoms. The Kier molecular flexibility index (Phi) is 6.30. The first-order valence-corrected chi connectivity index (χ1v) is 9.84. The Morgan fingerprint density at radius 1 is 1.04 bits per heavy atom. The van der Waals surface area contributed by atoms with Gasteiger partial charge in [-0.15, -0.1) is 0 Å². The summed E-state index contributed by atoms with van der Waals surface area (Å²) in [6.07, 6.45) is 0. The van der Waals surface area contributed by atoms with Crippen LogP contribution in [0.5, 0.6) is 5.75 Å². The van der Waals surface area contributed by atoms with Gasteiger partial charge in [0.25, 0.3) is 10.0 Å². The van der Waals surface area contributed by atoms with Gasteiger partial charge in [-0.25, -0.2) is 18.0 Å². The van der Waals surface area contributed by atoms with Crippen LogP contribution >= 0.6 is 0 Å². The van der Waals surface area contributed by atoms with Crippen LogP contribution in [-0.2, 0) is 14.8 Å². The van der Waals surface area contributed by atoms with Crippen LogP contribution in [-0.4, -0.2) is 46.0 Å². The van der Waals surface area contributed by atoms with Crippen molar-refractivity contribution >= 4 is 27.7 Å². The lowest BCUT2D eigenvalue weighted by Gasteiger charge is -2.21. The number of hydrogen-bond donors (Lipinski definition) is 1. The van der Waals surface area contributed by atoms with E-state index in [0.717, 1.165) is 10.5 Å². The number of anilines is 1. The van der Waals surface area contributed by atoms with Gasteiger partial charge in [-0.1, -0.05) is 12.1 Å². The molecule has 2 N–H and O–H groups in total. The van der Waals surface area contributed by atoms with Crippen LogP contribution in [0.2, 0.25) is 0 Å². The standard InChI is InChI=1S/C19H23N3O5S/c1-13-5-6-14(2)17(11-13)28(25,26)22(4)15-7-9-16(10-8-15)27-18(23)12-21(3)19(20)24/h5-11H,12H2,1-4H3,(H2,20,24). The fourth-order valence-corrected chi connectivity index (χ4v) is 3.93. The second-order valence-electron chi connectivity index (χ2n) is 6.40. The molecule has 150 valence electrons. The zero-order valence-corrected chi connectivity index (χ0v) is 17.0. The van der Waals surface area contributed by atoms with Crippen LogP contribution < -0.4 is 14.8 Å². The summed E-state index contributed by atoms with van der Waals surface area (Å²) < 4.78 is 32.2. The molecule has 2 aromatic rings. The van der Waals surface area contributed by atoms with Gasteiger partial charge in [-0.05, 0) is 55.3 Å². The molecule has 8 nitrogen and oxygen atoms in total. The summed E-state index contributed by atoms with van der Waals surface area (Å²) in [6, 6.07) is 10.5. The second kappa shape index (κ2) is 8.30. The van der Waals surface area contributed by atoms with Crippen molar-refractivity contribution in [2.45, 2.75) is 18.7 Å². The number of amides is 2. The first-order chi connectivity index (χ1) is 13.0. The Hall–Kier alpha value is -3.07. The van der Waals surface area contributed by atoms with Gasteiger partial charge >= 0.3 is 12.0 Å². The van der Waals surface area contributed by atoms with E-state index in [1.165, 1.54) is 42.7 Å². The van der Waals surface area contributed by atoms with Gasteiger partial charge in [0.1, 0.15) is 12.3 Å². The Labute approximate surface area is 164 Å². The van der Waals surface area contributed by atoms with E-state index in [1.807, 2.05) is 13.0 Å². The number of benzene rings is 2. The lowest BCUT2D eigenvalue weighted by molar-refractivity contribution is -0.134. The Morgan fingerprint density at radius 2 is 1.64 bits per heavy atom. The molecule has 0 unspecified atom stereocenters. The number of sulfonamides is 1. The molecule has 0 atom stereocenters. The maximum atomic E-state index is 12.9. The van der Waals surface area contributed by atoms with Crippen molar-refractivity contribution in [3.05, 3.63) is 53.6 Å². The number of rotatable bonds is 6. The van der Waals surface area contributed by atoms with E-state index in [0.29, 0.717) is 11.3 Å². The number of nitrogens with zero attached hydrogens (tertiary/aromatic N) is 2. The van der Waals surface area contributed by atoms with Crippen molar-refractivity contribution in [3.63, 3.8) is 0 Å². The maximum Gasteiger partial charge on any atom is 0.331 e. The van der Waals surface area contributed by atoms with E-state index in [4.69, 9.17) is 10.5 Å². The van der Waals surface area contributed by atoms with Gasteiger partial charge in [0.2, 0.25) is 0 Å². The van der Waals surface area contributed by atoms with Crippen LogP contribution in [0, 0.1) is 13.8 Å². The molecule has 0 radical (unpaired) electrons. The molecule has 0 spiro atoms. The lowest BCUT2D eigenvalue weighted by atomic mass is 10.2. The minimum Gasteiger partial charge on any atom is -0.425 e. The molecular weight excluding hydrogens is 382 g/mol. The summed E-state index contributed by atoms with van der Waals surface area (Å²) in [6.45, 7) is 3.28. The average molecular weight is 405 g/mol. The summed E-state index contributed by atoms with van der Waals surface area (Å²) in [5.74, 6) is -0.436. The Balaban J connectivity index is 2.17. The first kappa shape index (κ1) is 21.2. The number of urea groups is 1. The predicted molar refractivity (Wildman–Crippen MR) is 106 cm³/mol. The number of nitrogens with two attached hydrogens (primary N) is 1. The van der Waals surface area contributed by atoms with Crippen LogP contribution in [0.3, 0.4) is 0 Å². The number of primary amides is 1. The average Bonchev–Trinajstić information content (AvgIpc) is 2.63. The van der Waals surface area contributed by atoms with Crippen LogP contribution in [0.25, 0.3) is 0 Å². The zero-order chi connectivity index (χ0) is 21.1. The number of hydrogen-bond acceptors (Lipinski definition) is 5. The van der Waals surface area contributed by atoms with Crippen molar-refractivity contribution < 1.29 is 22.7 Å². The molecular formula is C19H23N3O5S. The minimum absolute atomic E-state index is 0.226. The Bertz CT molecular complexity index is 987. The van der Waals surface area contributed by atoms with Gasteiger partial charge < -0.3 is 15.4 Å². The molecule has 0 bridgehead atoms. The topological polar surface area (TPSA) is 110 Å². The van der Waals surface area contributed by atoms with E-state index >= 15 is 0 Å². The van der Waals surface area contributed by atoms with Crippen molar-refractivity contribution in [2.24, 2.45) is 5.73 Å². The molecule has 28 heavy (non-hydrogen) atoms. The zero-order valence-electron chi connectivity index (χ0n) is 16.2. The third kappa shape index (κ3) is 4.80. The predicted octanol–water partition coefficient (Wildman–Crippen LogP) is 2.04. The fourth-order valence-electron chi connectivity index (χ4n) is 2.43. The fraction of sp³-hybridized carbons (Fsp3) is 0.263. The van der Waals surface area contributed by atoms with Crippen molar-refractivity contribution in [2.75, 3.05) is 24.9 Å². The summed E-state index contributed by atoms with van der Waals surface area (Å²) in [5.41, 5.74) is 6.97. The van der Waals surface area contributed by atoms with Crippen LogP contribution in [0.4, 0.5) is 10.5 Å². The largest absolute Gasteiger partial charge is 0.425 e. The monoisotopic (exact) mass is 405 g/mol. The van der Waals surface area contributed by atoms with E-state index in [-0.39, 0.29) is 17.2 Å². The highest BCUT2D eigenvalue weighted by Gasteiger charge is 2.23. The number of ether oxygens (including phenoxy) is 1. The molecule has 0 aliphatic heterocycles. The number of esters is 1. The molecule has 0 saturated heterocycles. The number of aryl methyl sites for hydroxylation is 2. The highest BCUT2D eigenvalue weighted by atomic mass is 32.2. The molecule has 2 rings (SSSR count). The quantitative estimate of drug-likeness (QED) is 0.584. The molecule has 2 amide bonds. The van der Waals surface area contributed by atoms with Crippen molar-refractivity contribution in [1.29, 1.82) is 0 Å². The summed E-state index contributed by atoms with van der Waals surface area (Å²) in [7, 11) is -0.906. The lowest BCUT2D eigenvalue weighted by Crippen LogP contribution is -2.37. The number of likely N-dealkylation sites (N-methyl/N-ethyl adjacent to an activating group) is 1.